The van der Waals surface area contributed by atoms with Gasteiger partial charge in [0.15, 0.2) is 0 Å². The highest BCUT2D eigenvalue weighted by atomic mass is 35.5. The first-order chi connectivity index (χ1) is 12.4. The van der Waals surface area contributed by atoms with Crippen LogP contribution in [0.1, 0.15) is 26.8 Å². The number of carbonyl (C=O) groups excluding carboxylic acids is 1. The maximum absolute atomic E-state index is 13.1. The van der Waals surface area contributed by atoms with E-state index in [1.165, 1.54) is 4.57 Å². The van der Waals surface area contributed by atoms with Crippen molar-refractivity contribution in [3.05, 3.63) is 63.9 Å². The van der Waals surface area contributed by atoms with E-state index in [0.29, 0.717) is 27.3 Å². The number of halogens is 1. The SMILES string of the molecule is CC(C)OC(=O)C(C)n1c(-c2ccc(Cl)cc2)nc2ccccc2c1=O. The van der Waals surface area contributed by atoms with Crippen molar-refractivity contribution in [1.82, 2.24) is 9.55 Å². The lowest BCUT2D eigenvalue weighted by molar-refractivity contribution is -0.150. The Labute approximate surface area is 156 Å². The van der Waals surface area contributed by atoms with E-state index in [1.54, 1.807) is 63.2 Å². The summed E-state index contributed by atoms with van der Waals surface area (Å²) >= 11 is 5.97. The van der Waals surface area contributed by atoms with Crippen LogP contribution >= 0.6 is 11.6 Å². The van der Waals surface area contributed by atoms with Crippen molar-refractivity contribution in [2.45, 2.75) is 32.9 Å². The van der Waals surface area contributed by atoms with Crippen LogP contribution in [-0.4, -0.2) is 21.6 Å². The predicted octanol–water partition coefficient (Wildman–Crippen LogP) is 4.23. The van der Waals surface area contributed by atoms with Crippen molar-refractivity contribution in [3.63, 3.8) is 0 Å². The second-order valence-corrected chi connectivity index (χ2v) is 6.73. The third kappa shape index (κ3) is 3.48. The largest absolute Gasteiger partial charge is 0.461 e. The molecule has 6 heteroatoms. The molecule has 1 atom stereocenters. The quantitative estimate of drug-likeness (QED) is 0.645. The second kappa shape index (κ2) is 7.30. The molecule has 0 bridgehead atoms. The fourth-order valence-corrected chi connectivity index (χ4v) is 2.87. The number of para-hydroxylation sites is 1. The molecule has 0 radical (unpaired) electrons. The molecule has 0 spiro atoms. The van der Waals surface area contributed by atoms with E-state index in [-0.39, 0.29) is 11.7 Å². The molecule has 3 rings (SSSR count). The van der Waals surface area contributed by atoms with E-state index in [4.69, 9.17) is 16.3 Å². The van der Waals surface area contributed by atoms with Crippen molar-refractivity contribution in [2.75, 3.05) is 0 Å². The van der Waals surface area contributed by atoms with Crippen LogP contribution in [0.2, 0.25) is 5.02 Å². The van der Waals surface area contributed by atoms with Gasteiger partial charge in [0.2, 0.25) is 0 Å². The minimum absolute atomic E-state index is 0.270. The second-order valence-electron chi connectivity index (χ2n) is 6.30. The summed E-state index contributed by atoms with van der Waals surface area (Å²) in [6.07, 6.45) is -0.270. The number of benzene rings is 2. The molecule has 1 unspecified atom stereocenters. The van der Waals surface area contributed by atoms with Crippen LogP contribution in [0.4, 0.5) is 0 Å². The van der Waals surface area contributed by atoms with Gasteiger partial charge in [-0.3, -0.25) is 9.36 Å². The average Bonchev–Trinajstić information content (AvgIpc) is 2.61. The normalized spacial score (nSPS) is 12.3. The zero-order chi connectivity index (χ0) is 18.8. The number of nitrogens with zero attached hydrogens (tertiary/aromatic N) is 2. The number of aromatic nitrogens is 2. The maximum atomic E-state index is 13.1. The molecule has 134 valence electrons. The number of hydrogen-bond acceptors (Lipinski definition) is 4. The highest BCUT2D eigenvalue weighted by Gasteiger charge is 2.24. The molecule has 26 heavy (non-hydrogen) atoms. The molecule has 0 aliphatic rings. The third-order valence-electron chi connectivity index (χ3n) is 3.99. The zero-order valence-electron chi connectivity index (χ0n) is 14.8. The van der Waals surface area contributed by atoms with Crippen LogP contribution in [0.25, 0.3) is 22.3 Å². The van der Waals surface area contributed by atoms with Gasteiger partial charge in [0.1, 0.15) is 11.9 Å². The van der Waals surface area contributed by atoms with E-state index >= 15 is 0 Å². The van der Waals surface area contributed by atoms with Gasteiger partial charge in [0.05, 0.1) is 17.0 Å². The van der Waals surface area contributed by atoms with Crippen LogP contribution in [0.15, 0.2) is 53.3 Å². The summed E-state index contributed by atoms with van der Waals surface area (Å²) in [7, 11) is 0. The van der Waals surface area contributed by atoms with Gasteiger partial charge in [-0.25, -0.2) is 9.78 Å². The standard InChI is InChI=1S/C20H19ClN2O3/c1-12(2)26-20(25)13(3)23-18(14-8-10-15(21)11-9-14)22-17-7-5-4-6-16(17)19(23)24/h4-13H,1-3H3. The van der Waals surface area contributed by atoms with Gasteiger partial charge in [-0.05, 0) is 57.2 Å². The zero-order valence-corrected chi connectivity index (χ0v) is 15.5. The smallest absolute Gasteiger partial charge is 0.329 e. The summed E-state index contributed by atoms with van der Waals surface area (Å²) in [6, 6.07) is 13.2. The highest BCUT2D eigenvalue weighted by Crippen LogP contribution is 2.24. The summed E-state index contributed by atoms with van der Waals surface area (Å²) in [5.41, 5.74) is 0.985. The van der Waals surface area contributed by atoms with Gasteiger partial charge in [0.25, 0.3) is 5.56 Å². The lowest BCUT2D eigenvalue weighted by atomic mass is 10.1. The molecule has 0 amide bonds. The number of carbonyl (C=O) groups is 1. The molecule has 3 aromatic rings. The van der Waals surface area contributed by atoms with Gasteiger partial charge >= 0.3 is 5.97 Å². The molecule has 1 aromatic heterocycles. The number of esters is 1. The van der Waals surface area contributed by atoms with Gasteiger partial charge < -0.3 is 4.74 Å². The monoisotopic (exact) mass is 370 g/mol. The molecule has 0 fully saturated rings. The van der Waals surface area contributed by atoms with Crippen molar-refractivity contribution in [1.29, 1.82) is 0 Å². The molecule has 0 aliphatic carbocycles. The summed E-state index contributed by atoms with van der Waals surface area (Å²) in [5, 5.41) is 1.03. The molecule has 0 saturated heterocycles. The van der Waals surface area contributed by atoms with Crippen molar-refractivity contribution < 1.29 is 9.53 Å². The summed E-state index contributed by atoms with van der Waals surface area (Å²) in [4.78, 5) is 30.2. The Hall–Kier alpha value is -2.66. The van der Waals surface area contributed by atoms with Gasteiger partial charge in [-0.15, -0.1) is 0 Å². The first-order valence-electron chi connectivity index (χ1n) is 8.36. The van der Waals surface area contributed by atoms with Crippen molar-refractivity contribution >= 4 is 28.5 Å². The van der Waals surface area contributed by atoms with E-state index < -0.39 is 12.0 Å². The van der Waals surface area contributed by atoms with Crippen LogP contribution in [-0.2, 0) is 9.53 Å². The summed E-state index contributed by atoms with van der Waals surface area (Å²) < 4.78 is 6.68. The minimum Gasteiger partial charge on any atom is -0.461 e. The van der Waals surface area contributed by atoms with Crippen LogP contribution in [0, 0.1) is 0 Å². The Bertz CT molecular complexity index is 1010. The van der Waals surface area contributed by atoms with Gasteiger partial charge in [-0.1, -0.05) is 23.7 Å². The van der Waals surface area contributed by atoms with E-state index in [0.717, 1.165) is 0 Å². The topological polar surface area (TPSA) is 61.2 Å². The Morgan fingerprint density at radius 1 is 1.08 bits per heavy atom. The molecule has 5 nitrogen and oxygen atoms in total. The van der Waals surface area contributed by atoms with Gasteiger partial charge in [-0.2, -0.15) is 0 Å². The third-order valence-corrected chi connectivity index (χ3v) is 4.24. The van der Waals surface area contributed by atoms with E-state index in [2.05, 4.69) is 4.98 Å². The summed E-state index contributed by atoms with van der Waals surface area (Å²) in [6.45, 7) is 5.18. The van der Waals surface area contributed by atoms with Crippen LogP contribution < -0.4 is 5.56 Å². The molecule has 2 aromatic carbocycles. The van der Waals surface area contributed by atoms with Crippen molar-refractivity contribution in [2.24, 2.45) is 0 Å². The highest BCUT2D eigenvalue weighted by molar-refractivity contribution is 6.30. The molecular formula is C20H19ClN2O3. The molecule has 1 heterocycles. The summed E-state index contributed by atoms with van der Waals surface area (Å²) in [5.74, 6) is -0.0760. The first-order valence-corrected chi connectivity index (χ1v) is 8.74. The van der Waals surface area contributed by atoms with Crippen LogP contribution in [0.5, 0.6) is 0 Å². The number of rotatable bonds is 4. The molecular weight excluding hydrogens is 352 g/mol. The van der Waals surface area contributed by atoms with E-state index in [9.17, 15) is 9.59 Å². The average molecular weight is 371 g/mol. The Balaban J connectivity index is 2.26. The van der Waals surface area contributed by atoms with Gasteiger partial charge in [0, 0.05) is 10.6 Å². The fourth-order valence-electron chi connectivity index (χ4n) is 2.74. The molecule has 0 saturated carbocycles. The van der Waals surface area contributed by atoms with Crippen molar-refractivity contribution in [3.8, 4) is 11.4 Å². The number of hydrogen-bond donors (Lipinski definition) is 0. The fraction of sp³-hybridized carbons (Fsp3) is 0.250. The Morgan fingerprint density at radius 2 is 1.73 bits per heavy atom. The molecule has 0 N–H and O–H groups in total. The first kappa shape index (κ1) is 18.1. The Morgan fingerprint density at radius 3 is 2.38 bits per heavy atom. The number of fused-ring (bicyclic) bond motifs is 1. The Kier molecular flexibility index (Phi) is 5.09. The lowest BCUT2D eigenvalue weighted by Gasteiger charge is -2.20. The van der Waals surface area contributed by atoms with Crippen LogP contribution in [0.3, 0.4) is 0 Å². The maximum Gasteiger partial charge on any atom is 0.329 e. The predicted molar refractivity (Wildman–Crippen MR) is 102 cm³/mol. The van der Waals surface area contributed by atoms with E-state index in [1.807, 2.05) is 6.07 Å². The molecule has 0 aliphatic heterocycles. The minimum atomic E-state index is -0.812. The lowest BCUT2D eigenvalue weighted by Crippen LogP contribution is -2.32. The number of ether oxygens (including phenoxy) is 1.